The Morgan fingerprint density at radius 3 is 2.26 bits per heavy atom. The Labute approximate surface area is 121 Å². The third kappa shape index (κ3) is 3.33. The molecule has 0 spiro atoms. The lowest BCUT2D eigenvalue weighted by molar-refractivity contribution is 0.194. The summed E-state index contributed by atoms with van der Waals surface area (Å²) < 4.78 is 6.86. The maximum Gasteiger partial charge on any atom is 0.145 e. The third-order valence-electron chi connectivity index (χ3n) is 2.83. The number of aromatic nitrogens is 1. The van der Waals surface area contributed by atoms with Crippen LogP contribution in [0.5, 0.6) is 11.5 Å². The molecule has 0 saturated heterocycles. The SMILES string of the molecule is Cc1cc(Oc2ccc([C@@H](C)O)nc2)cc(C)c1Br. The Morgan fingerprint density at radius 2 is 1.79 bits per heavy atom. The molecule has 1 atom stereocenters. The van der Waals surface area contributed by atoms with Crippen molar-refractivity contribution in [1.82, 2.24) is 4.98 Å². The number of hydrogen-bond donors (Lipinski definition) is 1. The van der Waals surface area contributed by atoms with Crippen LogP contribution in [0.2, 0.25) is 0 Å². The second kappa shape index (κ2) is 5.72. The number of aliphatic hydroxyl groups excluding tert-OH is 1. The summed E-state index contributed by atoms with van der Waals surface area (Å²) in [6.45, 7) is 5.74. The first-order valence-electron chi connectivity index (χ1n) is 6.06. The molecule has 0 bridgehead atoms. The molecule has 1 N–H and O–H groups in total. The predicted octanol–water partition coefficient (Wildman–Crippen LogP) is 4.31. The minimum atomic E-state index is -0.564. The van der Waals surface area contributed by atoms with Crippen molar-refractivity contribution in [1.29, 1.82) is 0 Å². The first-order chi connectivity index (χ1) is 8.97. The van der Waals surface area contributed by atoms with Gasteiger partial charge in [-0.25, -0.2) is 0 Å². The van der Waals surface area contributed by atoms with Gasteiger partial charge in [0.1, 0.15) is 11.5 Å². The van der Waals surface area contributed by atoms with Gasteiger partial charge in [-0.05, 0) is 56.2 Å². The lowest BCUT2D eigenvalue weighted by Crippen LogP contribution is -1.95. The van der Waals surface area contributed by atoms with Crippen LogP contribution in [0.25, 0.3) is 0 Å². The van der Waals surface area contributed by atoms with Gasteiger partial charge in [0.05, 0.1) is 18.0 Å². The fourth-order valence-corrected chi connectivity index (χ4v) is 2.03. The summed E-state index contributed by atoms with van der Waals surface area (Å²) >= 11 is 3.53. The molecule has 100 valence electrons. The van der Waals surface area contributed by atoms with Crippen LogP contribution >= 0.6 is 15.9 Å². The van der Waals surface area contributed by atoms with E-state index in [0.717, 1.165) is 21.3 Å². The molecule has 0 radical (unpaired) electrons. The molecule has 3 nitrogen and oxygen atoms in total. The number of pyridine rings is 1. The fraction of sp³-hybridized carbons (Fsp3) is 0.267. The maximum atomic E-state index is 9.40. The Bertz CT molecular complexity index is 556. The Hall–Kier alpha value is -1.39. The molecule has 0 aliphatic rings. The van der Waals surface area contributed by atoms with Crippen molar-refractivity contribution in [2.45, 2.75) is 26.9 Å². The van der Waals surface area contributed by atoms with Gasteiger partial charge in [-0.2, -0.15) is 0 Å². The van der Waals surface area contributed by atoms with Crippen LogP contribution in [0.3, 0.4) is 0 Å². The molecule has 0 amide bonds. The monoisotopic (exact) mass is 321 g/mol. The third-order valence-corrected chi connectivity index (χ3v) is 4.08. The van der Waals surface area contributed by atoms with Gasteiger partial charge in [0.2, 0.25) is 0 Å². The second-order valence-corrected chi connectivity index (χ2v) is 5.36. The molecule has 4 heteroatoms. The average molecular weight is 322 g/mol. The topological polar surface area (TPSA) is 42.4 Å². The molecule has 1 heterocycles. The van der Waals surface area contributed by atoms with Gasteiger partial charge < -0.3 is 9.84 Å². The van der Waals surface area contributed by atoms with Crippen molar-refractivity contribution in [2.24, 2.45) is 0 Å². The molecule has 1 aromatic heterocycles. The van der Waals surface area contributed by atoms with E-state index < -0.39 is 6.10 Å². The van der Waals surface area contributed by atoms with Gasteiger partial charge in [-0.3, -0.25) is 4.98 Å². The van der Waals surface area contributed by atoms with E-state index in [0.29, 0.717) is 11.4 Å². The quantitative estimate of drug-likeness (QED) is 0.916. The summed E-state index contributed by atoms with van der Waals surface area (Å²) in [7, 11) is 0. The van der Waals surface area contributed by atoms with Gasteiger partial charge in [0.15, 0.2) is 0 Å². The van der Waals surface area contributed by atoms with Gasteiger partial charge >= 0.3 is 0 Å². The van der Waals surface area contributed by atoms with Crippen molar-refractivity contribution < 1.29 is 9.84 Å². The Morgan fingerprint density at radius 1 is 1.16 bits per heavy atom. The number of benzene rings is 1. The molecular formula is C15H16BrNO2. The number of halogens is 1. The van der Waals surface area contributed by atoms with E-state index in [1.807, 2.05) is 32.0 Å². The summed E-state index contributed by atoms with van der Waals surface area (Å²) in [4.78, 5) is 4.15. The minimum Gasteiger partial charge on any atom is -0.456 e. The molecule has 19 heavy (non-hydrogen) atoms. The molecule has 0 aliphatic carbocycles. The predicted molar refractivity (Wildman–Crippen MR) is 78.6 cm³/mol. The summed E-state index contributed by atoms with van der Waals surface area (Å²) in [6, 6.07) is 7.51. The van der Waals surface area contributed by atoms with Gasteiger partial charge in [-0.15, -0.1) is 0 Å². The molecule has 0 unspecified atom stereocenters. The van der Waals surface area contributed by atoms with E-state index in [4.69, 9.17) is 4.74 Å². The minimum absolute atomic E-state index is 0.564. The lowest BCUT2D eigenvalue weighted by atomic mass is 10.1. The van der Waals surface area contributed by atoms with Crippen LogP contribution in [0.1, 0.15) is 29.8 Å². The number of aliphatic hydroxyl groups is 1. The van der Waals surface area contributed by atoms with Crippen molar-refractivity contribution in [2.75, 3.05) is 0 Å². The number of aryl methyl sites for hydroxylation is 2. The molecule has 0 saturated carbocycles. The van der Waals surface area contributed by atoms with Crippen molar-refractivity contribution in [3.05, 3.63) is 51.8 Å². The smallest absolute Gasteiger partial charge is 0.145 e. The lowest BCUT2D eigenvalue weighted by Gasteiger charge is -2.10. The van der Waals surface area contributed by atoms with Gasteiger partial charge in [0.25, 0.3) is 0 Å². The van der Waals surface area contributed by atoms with Crippen LogP contribution in [0.15, 0.2) is 34.9 Å². The Kier molecular flexibility index (Phi) is 4.22. The highest BCUT2D eigenvalue weighted by atomic mass is 79.9. The standard InChI is InChI=1S/C15H16BrNO2/c1-9-6-13(7-10(2)15(9)16)19-12-4-5-14(11(3)18)17-8-12/h4-8,11,18H,1-3H3/t11-/m1/s1. The number of ether oxygens (including phenoxy) is 1. The van der Waals surface area contributed by atoms with Gasteiger partial charge in [0, 0.05) is 4.47 Å². The highest BCUT2D eigenvalue weighted by Crippen LogP contribution is 2.29. The van der Waals surface area contributed by atoms with E-state index >= 15 is 0 Å². The number of rotatable bonds is 3. The van der Waals surface area contributed by atoms with Crippen molar-refractivity contribution >= 4 is 15.9 Å². The second-order valence-electron chi connectivity index (χ2n) is 4.57. The zero-order chi connectivity index (χ0) is 14.0. The first-order valence-corrected chi connectivity index (χ1v) is 6.85. The highest BCUT2D eigenvalue weighted by Gasteiger charge is 2.06. The molecule has 2 rings (SSSR count). The van der Waals surface area contributed by atoms with E-state index in [2.05, 4.69) is 20.9 Å². The van der Waals surface area contributed by atoms with Crippen LogP contribution in [0.4, 0.5) is 0 Å². The van der Waals surface area contributed by atoms with Crippen LogP contribution in [0, 0.1) is 13.8 Å². The maximum absolute atomic E-state index is 9.40. The molecule has 0 aliphatic heterocycles. The number of hydrogen-bond acceptors (Lipinski definition) is 3. The zero-order valence-corrected chi connectivity index (χ0v) is 12.7. The summed E-state index contributed by atoms with van der Waals surface area (Å²) in [6.07, 6.45) is 1.06. The van der Waals surface area contributed by atoms with E-state index in [9.17, 15) is 5.11 Å². The average Bonchev–Trinajstić information content (AvgIpc) is 2.36. The van der Waals surface area contributed by atoms with Crippen LogP contribution in [-0.4, -0.2) is 10.1 Å². The van der Waals surface area contributed by atoms with Crippen molar-refractivity contribution in [3.8, 4) is 11.5 Å². The molecule has 2 aromatic rings. The zero-order valence-electron chi connectivity index (χ0n) is 11.1. The first kappa shape index (κ1) is 14.0. The van der Waals surface area contributed by atoms with Gasteiger partial charge in [-0.1, -0.05) is 15.9 Å². The van der Waals surface area contributed by atoms with Crippen LogP contribution < -0.4 is 4.74 Å². The molecular weight excluding hydrogens is 306 g/mol. The molecule has 0 fully saturated rings. The summed E-state index contributed by atoms with van der Waals surface area (Å²) in [5.74, 6) is 1.44. The van der Waals surface area contributed by atoms with Crippen LogP contribution in [-0.2, 0) is 0 Å². The number of nitrogens with zero attached hydrogens (tertiary/aromatic N) is 1. The van der Waals surface area contributed by atoms with E-state index in [-0.39, 0.29) is 0 Å². The largest absolute Gasteiger partial charge is 0.456 e. The van der Waals surface area contributed by atoms with Crippen molar-refractivity contribution in [3.63, 3.8) is 0 Å². The normalized spacial score (nSPS) is 12.3. The molecule has 1 aromatic carbocycles. The summed E-state index contributed by atoms with van der Waals surface area (Å²) in [5, 5.41) is 9.40. The van der Waals surface area contributed by atoms with E-state index in [1.54, 1.807) is 19.2 Å². The van der Waals surface area contributed by atoms with E-state index in [1.165, 1.54) is 0 Å². The fourth-order valence-electron chi connectivity index (χ4n) is 1.80. The summed E-state index contributed by atoms with van der Waals surface area (Å²) in [5.41, 5.74) is 2.89. The highest BCUT2D eigenvalue weighted by molar-refractivity contribution is 9.10. The Balaban J connectivity index is 2.21.